The van der Waals surface area contributed by atoms with Crippen LogP contribution >= 0.6 is 11.6 Å². The summed E-state index contributed by atoms with van der Waals surface area (Å²) in [5.74, 6) is -1.79. The van der Waals surface area contributed by atoms with Crippen LogP contribution in [0.25, 0.3) is 0 Å². The molecule has 0 heterocycles. The first-order valence-corrected chi connectivity index (χ1v) is 13.5. The van der Waals surface area contributed by atoms with Crippen LogP contribution in [0.5, 0.6) is 17.2 Å². The molecule has 1 aliphatic rings. The number of hydrogen-bond donors (Lipinski definition) is 2. The average molecular weight is 524 g/mol. The number of carbonyl (C=O) groups is 2. The number of phenolic OH excluding ortho intramolecular Hbond substituents is 1. The first-order valence-electron chi connectivity index (χ1n) is 11.5. The zero-order valence-electron chi connectivity index (χ0n) is 20.0. The number of hydrogen-bond acceptors (Lipinski definition) is 7. The monoisotopic (exact) mass is 523 g/mol. The second-order valence-electron chi connectivity index (χ2n) is 9.03. The highest BCUT2D eigenvalue weighted by Gasteiger charge is 2.26. The van der Waals surface area contributed by atoms with E-state index in [1.165, 1.54) is 24.3 Å². The van der Waals surface area contributed by atoms with Crippen molar-refractivity contribution in [1.82, 2.24) is 0 Å². The molecule has 1 saturated carbocycles. The fraction of sp³-hybridized carbons (Fsp3) is 0.440. The fourth-order valence-electron chi connectivity index (χ4n) is 4.06. The molecule has 190 valence electrons. The number of benzene rings is 2. The second kappa shape index (κ2) is 11.3. The van der Waals surface area contributed by atoms with Gasteiger partial charge in [0.05, 0.1) is 16.9 Å². The van der Waals surface area contributed by atoms with Crippen LogP contribution in [-0.2, 0) is 24.2 Å². The van der Waals surface area contributed by atoms with Gasteiger partial charge in [-0.15, -0.1) is 0 Å². The van der Waals surface area contributed by atoms with Crippen molar-refractivity contribution in [3.8, 4) is 17.2 Å². The maximum atomic E-state index is 13.0. The van der Waals surface area contributed by atoms with Gasteiger partial charge in [0.2, 0.25) is 0 Å². The van der Waals surface area contributed by atoms with Gasteiger partial charge in [0.25, 0.3) is 0 Å². The van der Waals surface area contributed by atoms with Crippen molar-refractivity contribution in [2.24, 2.45) is 5.92 Å². The SMILES string of the molecule is Cc1cc(NC(=O)C(=O)OC(C)C)cc(Cl)c1Oc1ccc(O)c(S(=O)(=O)CC2CCCCC2)c1. The lowest BCUT2D eigenvalue weighted by atomic mass is 9.91. The first-order chi connectivity index (χ1) is 16.5. The zero-order chi connectivity index (χ0) is 25.8. The van der Waals surface area contributed by atoms with Crippen LogP contribution in [0.3, 0.4) is 0 Å². The van der Waals surface area contributed by atoms with E-state index in [4.69, 9.17) is 21.1 Å². The summed E-state index contributed by atoms with van der Waals surface area (Å²) in [4.78, 5) is 23.6. The molecule has 10 heteroatoms. The van der Waals surface area contributed by atoms with E-state index >= 15 is 0 Å². The molecule has 0 aliphatic heterocycles. The fourth-order valence-corrected chi connectivity index (χ4v) is 6.18. The van der Waals surface area contributed by atoms with Crippen molar-refractivity contribution >= 4 is 39.0 Å². The van der Waals surface area contributed by atoms with Gasteiger partial charge in [-0.1, -0.05) is 30.9 Å². The van der Waals surface area contributed by atoms with Crippen LogP contribution in [0, 0.1) is 12.8 Å². The molecule has 3 rings (SSSR count). The maximum Gasteiger partial charge on any atom is 0.397 e. The lowest BCUT2D eigenvalue weighted by molar-refractivity contribution is -0.155. The van der Waals surface area contributed by atoms with Gasteiger partial charge in [-0.3, -0.25) is 4.79 Å². The highest BCUT2D eigenvalue weighted by Crippen LogP contribution is 2.38. The van der Waals surface area contributed by atoms with E-state index in [1.807, 2.05) is 0 Å². The smallest absolute Gasteiger partial charge is 0.397 e. The Bertz CT molecular complexity index is 1180. The third-order valence-electron chi connectivity index (χ3n) is 5.68. The predicted octanol–water partition coefficient (Wildman–Crippen LogP) is 5.39. The molecule has 1 amide bonds. The molecule has 1 aliphatic carbocycles. The minimum absolute atomic E-state index is 0.0164. The highest BCUT2D eigenvalue weighted by atomic mass is 35.5. The molecule has 2 N–H and O–H groups in total. The Morgan fingerprint density at radius 2 is 1.83 bits per heavy atom. The topological polar surface area (TPSA) is 119 Å². The van der Waals surface area contributed by atoms with Crippen molar-refractivity contribution < 1.29 is 32.6 Å². The third kappa shape index (κ3) is 7.11. The summed E-state index contributed by atoms with van der Waals surface area (Å²) in [6.07, 6.45) is 4.45. The third-order valence-corrected chi connectivity index (χ3v) is 7.87. The van der Waals surface area contributed by atoms with Gasteiger partial charge in [0.15, 0.2) is 9.84 Å². The number of phenols is 1. The lowest BCUT2D eigenvalue weighted by Crippen LogP contribution is -2.27. The van der Waals surface area contributed by atoms with Gasteiger partial charge in [-0.2, -0.15) is 0 Å². The van der Waals surface area contributed by atoms with Gasteiger partial charge in [0, 0.05) is 11.8 Å². The summed E-state index contributed by atoms with van der Waals surface area (Å²) in [7, 11) is -3.72. The number of anilines is 1. The maximum absolute atomic E-state index is 13.0. The normalized spacial score (nSPS) is 14.5. The van der Waals surface area contributed by atoms with Gasteiger partial charge in [0.1, 0.15) is 22.1 Å². The lowest BCUT2D eigenvalue weighted by Gasteiger charge is -2.21. The van der Waals surface area contributed by atoms with Gasteiger partial charge in [-0.05, 0) is 69.4 Å². The summed E-state index contributed by atoms with van der Waals surface area (Å²) in [5, 5.41) is 12.8. The predicted molar refractivity (Wildman–Crippen MR) is 133 cm³/mol. The van der Waals surface area contributed by atoms with E-state index in [-0.39, 0.29) is 44.5 Å². The first kappa shape index (κ1) is 26.8. The van der Waals surface area contributed by atoms with Gasteiger partial charge in [-0.25, -0.2) is 13.2 Å². The van der Waals surface area contributed by atoms with Crippen molar-refractivity contribution in [1.29, 1.82) is 0 Å². The van der Waals surface area contributed by atoms with Crippen LogP contribution in [0.4, 0.5) is 5.69 Å². The highest BCUT2D eigenvalue weighted by molar-refractivity contribution is 7.91. The Labute approximate surface area is 210 Å². The molecule has 35 heavy (non-hydrogen) atoms. The summed E-state index contributed by atoms with van der Waals surface area (Å²) in [5.41, 5.74) is 0.803. The minimum atomic E-state index is -3.72. The molecule has 2 aromatic carbocycles. The molecule has 0 aromatic heterocycles. The largest absolute Gasteiger partial charge is 0.507 e. The summed E-state index contributed by atoms with van der Waals surface area (Å²) < 4.78 is 36.8. The summed E-state index contributed by atoms with van der Waals surface area (Å²) in [6.45, 7) is 4.95. The van der Waals surface area contributed by atoms with E-state index in [2.05, 4.69) is 5.32 Å². The van der Waals surface area contributed by atoms with Crippen LogP contribution in [0.15, 0.2) is 35.2 Å². The molecule has 0 bridgehead atoms. The van der Waals surface area contributed by atoms with Crippen molar-refractivity contribution in [3.63, 3.8) is 0 Å². The minimum Gasteiger partial charge on any atom is -0.507 e. The van der Waals surface area contributed by atoms with E-state index in [0.29, 0.717) is 5.56 Å². The van der Waals surface area contributed by atoms with E-state index in [0.717, 1.165) is 32.1 Å². The summed E-state index contributed by atoms with van der Waals surface area (Å²) >= 11 is 6.36. The Balaban J connectivity index is 1.79. The number of sulfone groups is 1. The van der Waals surface area contributed by atoms with Crippen LogP contribution in [0.2, 0.25) is 5.02 Å². The van der Waals surface area contributed by atoms with Crippen molar-refractivity contribution in [2.75, 3.05) is 11.1 Å². The van der Waals surface area contributed by atoms with E-state index in [9.17, 15) is 23.1 Å². The van der Waals surface area contributed by atoms with Crippen LogP contribution in [-0.4, -0.2) is 37.3 Å². The number of esters is 1. The molecule has 0 atom stereocenters. The number of aryl methyl sites for hydroxylation is 1. The van der Waals surface area contributed by atoms with Crippen molar-refractivity contribution in [3.05, 3.63) is 40.9 Å². The van der Waals surface area contributed by atoms with E-state index < -0.39 is 27.8 Å². The molecule has 0 unspecified atom stereocenters. The number of ether oxygens (including phenoxy) is 2. The molecule has 1 fully saturated rings. The number of amides is 1. The molecule has 0 radical (unpaired) electrons. The molecular weight excluding hydrogens is 494 g/mol. The number of carbonyl (C=O) groups excluding carboxylic acids is 2. The quantitative estimate of drug-likeness (QED) is 0.369. The Kier molecular flexibility index (Phi) is 8.66. The number of halogens is 1. The molecule has 8 nitrogen and oxygen atoms in total. The number of rotatable bonds is 7. The van der Waals surface area contributed by atoms with Gasteiger partial charge >= 0.3 is 11.9 Å². The molecule has 2 aromatic rings. The standard InChI is InChI=1S/C25H30ClNO7S/c1-15(2)33-25(30)24(29)27-18-11-16(3)23(20(26)12-18)34-19-9-10-21(28)22(13-19)35(31,32)14-17-7-5-4-6-8-17/h9-13,15,17,28H,4-8,14H2,1-3H3,(H,27,29). The number of aromatic hydroxyl groups is 1. The average Bonchev–Trinajstić information content (AvgIpc) is 2.77. The van der Waals surface area contributed by atoms with Gasteiger partial charge < -0.3 is 19.9 Å². The molecular formula is C25H30ClNO7S. The Hall–Kier alpha value is -2.78. The Morgan fingerprint density at radius 3 is 2.46 bits per heavy atom. The van der Waals surface area contributed by atoms with Crippen LogP contribution < -0.4 is 10.1 Å². The van der Waals surface area contributed by atoms with Crippen molar-refractivity contribution in [2.45, 2.75) is 63.9 Å². The Morgan fingerprint density at radius 1 is 1.14 bits per heavy atom. The molecule has 0 saturated heterocycles. The summed E-state index contributed by atoms with van der Waals surface area (Å²) in [6, 6.07) is 6.99. The zero-order valence-corrected chi connectivity index (χ0v) is 21.5. The second-order valence-corrected chi connectivity index (χ2v) is 11.4. The van der Waals surface area contributed by atoms with E-state index in [1.54, 1.807) is 26.8 Å². The van der Waals surface area contributed by atoms with Crippen LogP contribution in [0.1, 0.15) is 51.5 Å². The molecule has 0 spiro atoms. The number of nitrogens with one attached hydrogen (secondary N) is 1.